The van der Waals surface area contributed by atoms with Crippen LogP contribution in [0.5, 0.6) is 0 Å². The molecule has 0 saturated heterocycles. The maximum absolute atomic E-state index is 4.25. The molecule has 0 amide bonds. The van der Waals surface area contributed by atoms with Gasteiger partial charge in [-0.1, -0.05) is 23.8 Å². The van der Waals surface area contributed by atoms with Crippen LogP contribution in [-0.4, -0.2) is 23.1 Å². The molecule has 0 unspecified atom stereocenters. The second kappa shape index (κ2) is 5.15. The van der Waals surface area contributed by atoms with E-state index in [0.717, 1.165) is 13.1 Å². The number of imidazole rings is 1. The number of aromatic nitrogens is 2. The summed E-state index contributed by atoms with van der Waals surface area (Å²) in [5.41, 5.74) is 5.06. The molecular formula is C14H19N3. The summed E-state index contributed by atoms with van der Waals surface area (Å²) in [5, 5.41) is 3.16. The van der Waals surface area contributed by atoms with Gasteiger partial charge >= 0.3 is 0 Å². The fourth-order valence-corrected chi connectivity index (χ4v) is 2.06. The Morgan fingerprint density at radius 1 is 1.29 bits per heavy atom. The van der Waals surface area contributed by atoms with E-state index in [4.69, 9.17) is 0 Å². The lowest BCUT2D eigenvalue weighted by Crippen LogP contribution is -2.15. The SMILES string of the molecule is CNCCn1cncc1-c1ccc(C)cc1C. The molecule has 0 aliphatic rings. The van der Waals surface area contributed by atoms with E-state index in [2.05, 4.69) is 46.9 Å². The van der Waals surface area contributed by atoms with Crippen molar-refractivity contribution < 1.29 is 0 Å². The van der Waals surface area contributed by atoms with E-state index >= 15 is 0 Å². The molecule has 0 radical (unpaired) electrons. The maximum atomic E-state index is 4.25. The van der Waals surface area contributed by atoms with Gasteiger partial charge in [0.15, 0.2) is 0 Å². The van der Waals surface area contributed by atoms with E-state index in [1.165, 1.54) is 22.4 Å². The van der Waals surface area contributed by atoms with Crippen LogP contribution in [0.3, 0.4) is 0 Å². The van der Waals surface area contributed by atoms with Crippen molar-refractivity contribution in [3.63, 3.8) is 0 Å². The van der Waals surface area contributed by atoms with Gasteiger partial charge in [-0.25, -0.2) is 4.98 Å². The minimum atomic E-state index is 0.944. The fraction of sp³-hybridized carbons (Fsp3) is 0.357. The smallest absolute Gasteiger partial charge is 0.0951 e. The highest BCUT2D eigenvalue weighted by Gasteiger charge is 2.07. The van der Waals surface area contributed by atoms with Gasteiger partial charge in [-0.2, -0.15) is 0 Å². The van der Waals surface area contributed by atoms with Crippen LogP contribution in [0.25, 0.3) is 11.3 Å². The summed E-state index contributed by atoms with van der Waals surface area (Å²) in [6.07, 6.45) is 3.83. The van der Waals surface area contributed by atoms with E-state index in [-0.39, 0.29) is 0 Å². The Balaban J connectivity index is 2.35. The Hall–Kier alpha value is -1.61. The number of hydrogen-bond donors (Lipinski definition) is 1. The van der Waals surface area contributed by atoms with E-state index in [1.54, 1.807) is 0 Å². The minimum Gasteiger partial charge on any atom is -0.329 e. The fourth-order valence-electron chi connectivity index (χ4n) is 2.06. The molecule has 0 bridgehead atoms. The van der Waals surface area contributed by atoms with Gasteiger partial charge in [-0.3, -0.25) is 0 Å². The highest BCUT2D eigenvalue weighted by molar-refractivity contribution is 5.63. The summed E-state index contributed by atoms with van der Waals surface area (Å²) in [6, 6.07) is 6.54. The number of aryl methyl sites for hydroxylation is 2. The summed E-state index contributed by atoms with van der Waals surface area (Å²) < 4.78 is 2.19. The van der Waals surface area contributed by atoms with Crippen LogP contribution in [0.15, 0.2) is 30.7 Å². The molecule has 0 spiro atoms. The van der Waals surface area contributed by atoms with Gasteiger partial charge in [-0.05, 0) is 26.5 Å². The monoisotopic (exact) mass is 229 g/mol. The first-order valence-electron chi connectivity index (χ1n) is 5.94. The zero-order chi connectivity index (χ0) is 12.3. The van der Waals surface area contributed by atoms with E-state index < -0.39 is 0 Å². The van der Waals surface area contributed by atoms with Gasteiger partial charge in [0, 0.05) is 18.7 Å². The molecule has 2 aromatic rings. The maximum Gasteiger partial charge on any atom is 0.0951 e. The van der Waals surface area contributed by atoms with Crippen LogP contribution in [0.2, 0.25) is 0 Å². The van der Waals surface area contributed by atoms with Crippen molar-refractivity contribution in [2.75, 3.05) is 13.6 Å². The van der Waals surface area contributed by atoms with Crippen molar-refractivity contribution >= 4 is 0 Å². The Labute approximate surface area is 103 Å². The first-order valence-corrected chi connectivity index (χ1v) is 5.94. The zero-order valence-electron chi connectivity index (χ0n) is 10.7. The Bertz CT molecular complexity index is 500. The standard InChI is InChI=1S/C14H19N3/c1-11-4-5-13(12(2)8-11)14-9-16-10-17(14)7-6-15-3/h4-5,8-10,15H,6-7H2,1-3H3. The predicted octanol–water partition coefficient (Wildman–Crippen LogP) is 2.39. The van der Waals surface area contributed by atoms with Crippen LogP contribution in [0, 0.1) is 13.8 Å². The van der Waals surface area contributed by atoms with Crippen molar-refractivity contribution in [2.45, 2.75) is 20.4 Å². The van der Waals surface area contributed by atoms with Crippen LogP contribution in [0.1, 0.15) is 11.1 Å². The first-order chi connectivity index (χ1) is 8.22. The molecule has 3 nitrogen and oxygen atoms in total. The van der Waals surface area contributed by atoms with Crippen molar-refractivity contribution in [2.24, 2.45) is 0 Å². The number of nitrogens with one attached hydrogen (secondary N) is 1. The first kappa shape index (κ1) is 11.9. The molecule has 0 aliphatic carbocycles. The van der Waals surface area contributed by atoms with Crippen molar-refractivity contribution in [3.05, 3.63) is 41.9 Å². The molecule has 17 heavy (non-hydrogen) atoms. The van der Waals surface area contributed by atoms with E-state index in [0.29, 0.717) is 0 Å². The molecule has 2 rings (SSSR count). The molecule has 0 aliphatic heterocycles. The second-order valence-electron chi connectivity index (χ2n) is 4.39. The minimum absolute atomic E-state index is 0.944. The zero-order valence-corrected chi connectivity index (χ0v) is 10.7. The number of benzene rings is 1. The van der Waals surface area contributed by atoms with Crippen LogP contribution in [0.4, 0.5) is 0 Å². The molecule has 90 valence electrons. The second-order valence-corrected chi connectivity index (χ2v) is 4.39. The third-order valence-electron chi connectivity index (χ3n) is 2.97. The van der Waals surface area contributed by atoms with Gasteiger partial charge in [0.1, 0.15) is 0 Å². The van der Waals surface area contributed by atoms with Gasteiger partial charge in [0.25, 0.3) is 0 Å². The molecular weight excluding hydrogens is 210 g/mol. The van der Waals surface area contributed by atoms with E-state index in [9.17, 15) is 0 Å². The van der Waals surface area contributed by atoms with Crippen LogP contribution in [-0.2, 0) is 6.54 Å². The molecule has 1 N–H and O–H groups in total. The van der Waals surface area contributed by atoms with Gasteiger partial charge in [0.2, 0.25) is 0 Å². The Morgan fingerprint density at radius 3 is 2.82 bits per heavy atom. The highest BCUT2D eigenvalue weighted by atomic mass is 15.1. The van der Waals surface area contributed by atoms with Crippen molar-refractivity contribution in [1.82, 2.24) is 14.9 Å². The highest BCUT2D eigenvalue weighted by Crippen LogP contribution is 2.23. The largest absolute Gasteiger partial charge is 0.329 e. The summed E-state index contributed by atoms with van der Waals surface area (Å²) in [4.78, 5) is 4.25. The number of rotatable bonds is 4. The molecule has 0 saturated carbocycles. The van der Waals surface area contributed by atoms with Crippen molar-refractivity contribution in [1.29, 1.82) is 0 Å². The lowest BCUT2D eigenvalue weighted by Gasteiger charge is -2.10. The Kier molecular flexibility index (Phi) is 3.59. The summed E-state index contributed by atoms with van der Waals surface area (Å²) >= 11 is 0. The summed E-state index contributed by atoms with van der Waals surface area (Å²) in [5.74, 6) is 0. The molecule has 0 atom stereocenters. The predicted molar refractivity (Wildman–Crippen MR) is 71.1 cm³/mol. The van der Waals surface area contributed by atoms with Crippen LogP contribution >= 0.6 is 0 Å². The average Bonchev–Trinajstić information content (AvgIpc) is 2.74. The van der Waals surface area contributed by atoms with Gasteiger partial charge in [-0.15, -0.1) is 0 Å². The molecule has 1 aromatic carbocycles. The lowest BCUT2D eigenvalue weighted by molar-refractivity contribution is 0.648. The molecule has 1 aromatic heterocycles. The normalized spacial score (nSPS) is 10.8. The summed E-state index contributed by atoms with van der Waals surface area (Å²) in [6.45, 7) is 6.17. The average molecular weight is 229 g/mol. The topological polar surface area (TPSA) is 29.9 Å². The number of nitrogens with zero attached hydrogens (tertiary/aromatic N) is 2. The van der Waals surface area contributed by atoms with Gasteiger partial charge in [0.05, 0.1) is 18.2 Å². The van der Waals surface area contributed by atoms with Crippen molar-refractivity contribution in [3.8, 4) is 11.3 Å². The third-order valence-corrected chi connectivity index (χ3v) is 2.97. The number of likely N-dealkylation sites (N-methyl/N-ethyl adjacent to an activating group) is 1. The Morgan fingerprint density at radius 2 is 2.12 bits per heavy atom. The van der Waals surface area contributed by atoms with Crippen LogP contribution < -0.4 is 5.32 Å². The molecule has 1 heterocycles. The summed E-state index contributed by atoms with van der Waals surface area (Å²) in [7, 11) is 1.97. The lowest BCUT2D eigenvalue weighted by atomic mass is 10.0. The number of hydrogen-bond acceptors (Lipinski definition) is 2. The quantitative estimate of drug-likeness (QED) is 0.872. The van der Waals surface area contributed by atoms with Gasteiger partial charge < -0.3 is 9.88 Å². The molecule has 0 fully saturated rings. The van der Waals surface area contributed by atoms with E-state index in [1.807, 2.05) is 19.6 Å². The molecule has 3 heteroatoms. The third kappa shape index (κ3) is 2.56.